The number of amides is 3. The molecule has 3 amide bonds. The Morgan fingerprint density at radius 1 is 0.812 bits per heavy atom. The van der Waals surface area contributed by atoms with E-state index in [9.17, 15) is 27.6 Å². The lowest BCUT2D eigenvalue weighted by Gasteiger charge is -2.42. The summed E-state index contributed by atoms with van der Waals surface area (Å²) in [4.78, 5) is 42.3. The van der Waals surface area contributed by atoms with Crippen molar-refractivity contribution in [3.05, 3.63) is 124 Å². The van der Waals surface area contributed by atoms with Gasteiger partial charge in [0.1, 0.15) is 11.4 Å². The Morgan fingerprint density at radius 3 is 2.12 bits per heavy atom. The van der Waals surface area contributed by atoms with Gasteiger partial charge >= 0.3 is 12.3 Å². The number of nitrogens with zero attached hydrogens (tertiary/aromatic N) is 1. The van der Waals surface area contributed by atoms with Gasteiger partial charge in [-0.3, -0.25) is 19.8 Å². The van der Waals surface area contributed by atoms with Crippen LogP contribution in [0.1, 0.15) is 65.0 Å². The summed E-state index contributed by atoms with van der Waals surface area (Å²) in [6.07, 6.45) is -5.18. The normalized spacial score (nSPS) is 16.1. The van der Waals surface area contributed by atoms with Crippen LogP contribution in [-0.4, -0.2) is 23.5 Å². The van der Waals surface area contributed by atoms with Crippen LogP contribution in [-0.2, 0) is 22.1 Å². The molecule has 2 N–H and O–H groups in total. The number of rotatable bonds is 5. The molecule has 7 nitrogen and oxygen atoms in total. The highest BCUT2D eigenvalue weighted by Crippen LogP contribution is 2.44. The van der Waals surface area contributed by atoms with Gasteiger partial charge in [-0.1, -0.05) is 48.5 Å². The van der Waals surface area contributed by atoms with E-state index < -0.39 is 53.0 Å². The lowest BCUT2D eigenvalue weighted by atomic mass is 9.80. The first-order valence-electron chi connectivity index (χ1n) is 15.3. The van der Waals surface area contributed by atoms with Gasteiger partial charge in [-0.25, -0.2) is 9.18 Å². The maximum Gasteiger partial charge on any atom is 0.416 e. The average molecular weight is 662 g/mol. The minimum Gasteiger partial charge on any atom is -0.444 e. The van der Waals surface area contributed by atoms with E-state index in [2.05, 4.69) is 10.6 Å². The molecular formula is C37H35F4N3O4. The molecule has 0 spiro atoms. The third-order valence-corrected chi connectivity index (χ3v) is 8.05. The number of fused-ring (bicyclic) bond motifs is 1. The number of hydrogen-bond acceptors (Lipinski definition) is 4. The Morgan fingerprint density at radius 2 is 1.48 bits per heavy atom. The number of aryl methyl sites for hydroxylation is 2. The van der Waals surface area contributed by atoms with E-state index in [4.69, 9.17) is 4.74 Å². The van der Waals surface area contributed by atoms with Gasteiger partial charge in [0.05, 0.1) is 23.1 Å². The summed E-state index contributed by atoms with van der Waals surface area (Å²) in [5.41, 5.74) is 0.486. The minimum absolute atomic E-state index is 0.00193. The second-order valence-corrected chi connectivity index (χ2v) is 12.8. The maximum atomic E-state index is 15.3. The number of halogens is 4. The highest BCUT2D eigenvalue weighted by molar-refractivity contribution is 6.09. The van der Waals surface area contributed by atoms with Crippen molar-refractivity contribution < 1.29 is 36.7 Å². The van der Waals surface area contributed by atoms with Gasteiger partial charge < -0.3 is 10.1 Å². The highest BCUT2D eigenvalue weighted by Gasteiger charge is 2.43. The van der Waals surface area contributed by atoms with Crippen LogP contribution in [0.5, 0.6) is 0 Å². The molecule has 0 radical (unpaired) electrons. The molecule has 11 heteroatoms. The number of anilines is 3. The van der Waals surface area contributed by atoms with Gasteiger partial charge in [-0.05, 0) is 99.7 Å². The van der Waals surface area contributed by atoms with Crippen molar-refractivity contribution in [2.75, 3.05) is 15.5 Å². The molecule has 4 aromatic carbocycles. The van der Waals surface area contributed by atoms with Crippen LogP contribution >= 0.6 is 0 Å². The van der Waals surface area contributed by atoms with Crippen molar-refractivity contribution in [1.82, 2.24) is 0 Å². The summed E-state index contributed by atoms with van der Waals surface area (Å²) >= 11 is 0. The van der Waals surface area contributed by atoms with Gasteiger partial charge in [0.15, 0.2) is 0 Å². The van der Waals surface area contributed by atoms with Crippen molar-refractivity contribution >= 4 is 35.0 Å². The predicted octanol–water partition coefficient (Wildman–Crippen LogP) is 9.01. The fourth-order valence-corrected chi connectivity index (χ4v) is 5.90. The molecule has 1 heterocycles. The van der Waals surface area contributed by atoms with Crippen LogP contribution in [0.3, 0.4) is 0 Å². The number of carbonyl (C=O) groups excluding carboxylic acids is 3. The van der Waals surface area contributed by atoms with Crippen LogP contribution in [0.2, 0.25) is 0 Å². The molecule has 1 aliphatic rings. The second kappa shape index (κ2) is 13.1. The Balaban J connectivity index is 1.60. The second-order valence-electron chi connectivity index (χ2n) is 12.8. The molecule has 1 aliphatic heterocycles. The third kappa shape index (κ3) is 7.35. The molecule has 1 unspecified atom stereocenters. The van der Waals surface area contributed by atoms with Gasteiger partial charge in [0, 0.05) is 17.1 Å². The number of ether oxygens (including phenoxy) is 1. The summed E-state index contributed by atoms with van der Waals surface area (Å²) in [5.74, 6) is -3.08. The number of nitrogens with one attached hydrogen (secondary N) is 2. The summed E-state index contributed by atoms with van der Waals surface area (Å²) in [6, 6.07) is 20.2. The van der Waals surface area contributed by atoms with E-state index >= 15 is 4.39 Å². The number of para-hydroxylation sites is 1. The molecule has 0 fully saturated rings. The van der Waals surface area contributed by atoms with Crippen LogP contribution in [0.4, 0.5) is 39.4 Å². The SMILES string of the molecule is Cc1ccc(NC(=O)[C@H]2Cc3ccccc3N(C(=O)c3c(C)cccc3F)C2c2ccc(NC(=O)OC(C)(C)C)cc2)cc1C(F)(F)F. The Bertz CT molecular complexity index is 1850. The van der Waals surface area contributed by atoms with E-state index in [1.54, 1.807) is 82.3 Å². The van der Waals surface area contributed by atoms with Crippen molar-refractivity contribution in [2.24, 2.45) is 5.92 Å². The van der Waals surface area contributed by atoms with E-state index in [-0.39, 0.29) is 23.2 Å². The van der Waals surface area contributed by atoms with Crippen molar-refractivity contribution in [3.8, 4) is 0 Å². The Labute approximate surface area is 275 Å². The lowest BCUT2D eigenvalue weighted by molar-refractivity contribution is -0.138. The molecule has 0 saturated heterocycles. The number of hydrogen-bond donors (Lipinski definition) is 2. The molecule has 0 aliphatic carbocycles. The first-order chi connectivity index (χ1) is 22.5. The molecule has 0 saturated carbocycles. The lowest BCUT2D eigenvalue weighted by Crippen LogP contribution is -2.47. The smallest absolute Gasteiger partial charge is 0.416 e. The molecule has 2 atom stereocenters. The van der Waals surface area contributed by atoms with Gasteiger partial charge in [-0.2, -0.15) is 13.2 Å². The zero-order valence-electron chi connectivity index (χ0n) is 27.0. The van der Waals surface area contributed by atoms with E-state index in [0.29, 0.717) is 28.1 Å². The average Bonchev–Trinajstić information content (AvgIpc) is 2.99. The summed E-state index contributed by atoms with van der Waals surface area (Å²) < 4.78 is 61.7. The quantitative estimate of drug-likeness (QED) is 0.209. The third-order valence-electron chi connectivity index (χ3n) is 8.05. The molecular weight excluding hydrogens is 626 g/mol. The van der Waals surface area contributed by atoms with Gasteiger partial charge in [-0.15, -0.1) is 0 Å². The number of carbonyl (C=O) groups is 3. The monoisotopic (exact) mass is 661 g/mol. The van der Waals surface area contributed by atoms with E-state index in [1.165, 1.54) is 36.1 Å². The Hall–Kier alpha value is -5.19. The number of alkyl halides is 3. The molecule has 5 rings (SSSR count). The molecule has 48 heavy (non-hydrogen) atoms. The number of benzene rings is 4. The Kier molecular flexibility index (Phi) is 9.35. The standard InChI is InChI=1S/C37H35F4N3O4/c1-21-13-16-26(20-28(21)37(39,40)41)42-33(45)27-19-24-10-6-7-12-30(24)44(34(46)31-22(2)9-8-11-29(31)38)32(27)23-14-17-25(18-15-23)43-35(47)48-36(3,4)5/h6-18,20,27,32H,19H2,1-5H3,(H,42,45)(H,43,47)/t27-,32?/m0/s1. The first-order valence-corrected chi connectivity index (χ1v) is 15.3. The van der Waals surface area contributed by atoms with Crippen LogP contribution in [0.25, 0.3) is 0 Å². The van der Waals surface area contributed by atoms with Crippen molar-refractivity contribution in [3.63, 3.8) is 0 Å². The topological polar surface area (TPSA) is 87.7 Å². The van der Waals surface area contributed by atoms with Crippen LogP contribution in [0.15, 0.2) is 84.9 Å². The first kappa shape index (κ1) is 34.2. The maximum absolute atomic E-state index is 15.3. The predicted molar refractivity (Wildman–Crippen MR) is 175 cm³/mol. The fraction of sp³-hybridized carbons (Fsp3) is 0.270. The fourth-order valence-electron chi connectivity index (χ4n) is 5.90. The largest absolute Gasteiger partial charge is 0.444 e. The van der Waals surface area contributed by atoms with Crippen molar-refractivity contribution in [2.45, 2.75) is 58.9 Å². The van der Waals surface area contributed by atoms with E-state index in [0.717, 1.165) is 6.07 Å². The summed E-state index contributed by atoms with van der Waals surface area (Å²) in [7, 11) is 0. The molecule has 4 aromatic rings. The summed E-state index contributed by atoms with van der Waals surface area (Å²) in [6.45, 7) is 8.12. The van der Waals surface area contributed by atoms with Gasteiger partial charge in [0.25, 0.3) is 5.91 Å². The molecule has 250 valence electrons. The van der Waals surface area contributed by atoms with Crippen LogP contribution in [0, 0.1) is 25.6 Å². The summed E-state index contributed by atoms with van der Waals surface area (Å²) in [5, 5.41) is 5.28. The zero-order chi connectivity index (χ0) is 35.0. The molecule has 0 bridgehead atoms. The van der Waals surface area contributed by atoms with Crippen molar-refractivity contribution in [1.29, 1.82) is 0 Å². The minimum atomic E-state index is -4.63. The zero-order valence-corrected chi connectivity index (χ0v) is 27.0. The molecule has 0 aromatic heterocycles. The van der Waals surface area contributed by atoms with Crippen LogP contribution < -0.4 is 15.5 Å². The van der Waals surface area contributed by atoms with E-state index in [1.807, 2.05) is 0 Å². The van der Waals surface area contributed by atoms with Gasteiger partial charge in [0.2, 0.25) is 5.91 Å². The highest BCUT2D eigenvalue weighted by atomic mass is 19.4.